The van der Waals surface area contributed by atoms with Crippen LogP contribution in [-0.4, -0.2) is 20.8 Å². The second-order valence-corrected chi connectivity index (χ2v) is 6.25. The first-order valence-electron chi connectivity index (χ1n) is 8.36. The molecule has 4 heteroatoms. The molecule has 3 nitrogen and oxygen atoms in total. The van der Waals surface area contributed by atoms with Crippen molar-refractivity contribution >= 4 is 0 Å². The van der Waals surface area contributed by atoms with E-state index in [0.717, 1.165) is 36.4 Å². The minimum absolute atomic E-state index is 0.0826. The normalized spacial score (nSPS) is 16.6. The lowest BCUT2D eigenvalue weighted by atomic mass is 9.90. The zero-order chi connectivity index (χ0) is 17.1. The van der Waals surface area contributed by atoms with Gasteiger partial charge in [-0.3, -0.25) is 0 Å². The van der Waals surface area contributed by atoms with Crippen LogP contribution in [0.4, 0.5) is 4.39 Å². The Labute approximate surface area is 142 Å². The van der Waals surface area contributed by atoms with E-state index in [0.29, 0.717) is 12.0 Å². The lowest BCUT2D eigenvalue weighted by molar-refractivity contribution is 0.351. The molecular formula is C20H24FNO2. The summed E-state index contributed by atoms with van der Waals surface area (Å²) in [5, 5.41) is 3.55. The maximum absolute atomic E-state index is 14.2. The van der Waals surface area contributed by atoms with Gasteiger partial charge in [-0.2, -0.15) is 0 Å². The molecule has 0 saturated heterocycles. The van der Waals surface area contributed by atoms with Gasteiger partial charge in [-0.05, 0) is 67.1 Å². The molecular weight excluding hydrogens is 305 g/mol. The molecule has 0 aliphatic carbocycles. The van der Waals surface area contributed by atoms with E-state index in [1.165, 1.54) is 11.1 Å². The Morgan fingerprint density at radius 2 is 1.92 bits per heavy atom. The molecule has 1 aliphatic heterocycles. The molecule has 24 heavy (non-hydrogen) atoms. The second kappa shape index (κ2) is 7.22. The monoisotopic (exact) mass is 329 g/mol. The van der Waals surface area contributed by atoms with Gasteiger partial charge < -0.3 is 14.8 Å². The van der Waals surface area contributed by atoms with E-state index in [2.05, 4.69) is 17.4 Å². The Bertz CT molecular complexity index is 730. The molecule has 1 aliphatic rings. The third-order valence-electron chi connectivity index (χ3n) is 4.78. The van der Waals surface area contributed by atoms with Crippen molar-refractivity contribution in [2.45, 2.75) is 32.2 Å². The van der Waals surface area contributed by atoms with Crippen molar-refractivity contribution in [1.82, 2.24) is 5.32 Å². The molecule has 0 unspecified atom stereocenters. The smallest absolute Gasteiger partial charge is 0.161 e. The molecule has 2 aromatic rings. The summed E-state index contributed by atoms with van der Waals surface area (Å²) < 4.78 is 25.0. The van der Waals surface area contributed by atoms with Gasteiger partial charge in [0.2, 0.25) is 0 Å². The van der Waals surface area contributed by atoms with Crippen LogP contribution in [0.1, 0.15) is 34.7 Å². The molecule has 1 N–H and O–H groups in total. The van der Waals surface area contributed by atoms with Gasteiger partial charge in [-0.15, -0.1) is 0 Å². The number of rotatable bonds is 5. The summed E-state index contributed by atoms with van der Waals surface area (Å²) in [6, 6.07) is 9.93. The number of ether oxygens (including phenoxy) is 2. The Hall–Kier alpha value is -2.07. The molecule has 0 radical (unpaired) electrons. The number of hydrogen-bond acceptors (Lipinski definition) is 3. The van der Waals surface area contributed by atoms with E-state index in [4.69, 9.17) is 9.47 Å². The van der Waals surface area contributed by atoms with Crippen LogP contribution in [0.25, 0.3) is 0 Å². The lowest BCUT2D eigenvalue weighted by Crippen LogP contribution is -2.30. The average Bonchev–Trinajstić information content (AvgIpc) is 2.61. The van der Waals surface area contributed by atoms with Crippen molar-refractivity contribution in [3.05, 3.63) is 58.4 Å². The number of aryl methyl sites for hydroxylation is 2. The highest BCUT2D eigenvalue weighted by molar-refractivity contribution is 5.49. The molecule has 3 rings (SSSR count). The van der Waals surface area contributed by atoms with Gasteiger partial charge >= 0.3 is 0 Å². The minimum atomic E-state index is -0.0826. The van der Waals surface area contributed by atoms with Gasteiger partial charge in [0, 0.05) is 6.04 Å². The Morgan fingerprint density at radius 3 is 2.67 bits per heavy atom. The van der Waals surface area contributed by atoms with Gasteiger partial charge in [-0.25, -0.2) is 4.39 Å². The summed E-state index contributed by atoms with van der Waals surface area (Å²) >= 11 is 0. The second-order valence-electron chi connectivity index (χ2n) is 6.25. The van der Waals surface area contributed by atoms with Crippen molar-refractivity contribution < 1.29 is 13.9 Å². The first kappa shape index (κ1) is 16.8. The van der Waals surface area contributed by atoms with E-state index >= 15 is 0 Å². The van der Waals surface area contributed by atoms with E-state index in [1.54, 1.807) is 14.2 Å². The van der Waals surface area contributed by atoms with Crippen LogP contribution in [0.15, 0.2) is 30.3 Å². The van der Waals surface area contributed by atoms with Crippen molar-refractivity contribution in [3.63, 3.8) is 0 Å². The fourth-order valence-corrected chi connectivity index (χ4v) is 3.43. The summed E-state index contributed by atoms with van der Waals surface area (Å²) in [6.45, 7) is 2.73. The number of nitrogens with one attached hydrogen (secondary N) is 1. The number of hydrogen-bond donors (Lipinski definition) is 1. The average molecular weight is 329 g/mol. The molecule has 0 bridgehead atoms. The van der Waals surface area contributed by atoms with Crippen LogP contribution >= 0.6 is 0 Å². The summed E-state index contributed by atoms with van der Waals surface area (Å²) in [4.78, 5) is 0. The molecule has 128 valence electrons. The van der Waals surface area contributed by atoms with Crippen molar-refractivity contribution in [1.29, 1.82) is 0 Å². The first-order valence-corrected chi connectivity index (χ1v) is 8.36. The van der Waals surface area contributed by atoms with Crippen LogP contribution in [0.2, 0.25) is 0 Å². The van der Waals surface area contributed by atoms with Gasteiger partial charge in [0.05, 0.1) is 14.2 Å². The number of methoxy groups -OCH3 is 2. The molecule has 0 amide bonds. The summed E-state index contributed by atoms with van der Waals surface area (Å²) in [6.07, 6.45) is 2.52. The van der Waals surface area contributed by atoms with Crippen LogP contribution < -0.4 is 14.8 Å². The zero-order valence-corrected chi connectivity index (χ0v) is 14.5. The van der Waals surface area contributed by atoms with E-state index in [1.807, 2.05) is 25.1 Å². The SMILES string of the molecule is COc1cc2c(cc1OC)[C@H](CCc1cccc(C)c1F)NCC2. The number of benzene rings is 2. The van der Waals surface area contributed by atoms with Crippen LogP contribution in [-0.2, 0) is 12.8 Å². The molecule has 0 aromatic heterocycles. The quantitative estimate of drug-likeness (QED) is 0.900. The highest BCUT2D eigenvalue weighted by Crippen LogP contribution is 2.36. The molecule has 0 spiro atoms. The Balaban J connectivity index is 1.83. The third kappa shape index (κ3) is 3.24. The summed E-state index contributed by atoms with van der Waals surface area (Å²) in [7, 11) is 3.31. The third-order valence-corrected chi connectivity index (χ3v) is 4.78. The maximum atomic E-state index is 14.2. The number of fused-ring (bicyclic) bond motifs is 1. The van der Waals surface area contributed by atoms with Crippen molar-refractivity contribution in [3.8, 4) is 11.5 Å². The summed E-state index contributed by atoms with van der Waals surface area (Å²) in [5.74, 6) is 1.43. The number of halogens is 1. The molecule has 0 fully saturated rings. The fourth-order valence-electron chi connectivity index (χ4n) is 3.43. The van der Waals surface area contributed by atoms with E-state index < -0.39 is 0 Å². The first-order chi connectivity index (χ1) is 11.6. The largest absolute Gasteiger partial charge is 0.493 e. The summed E-state index contributed by atoms with van der Waals surface area (Å²) in [5.41, 5.74) is 3.99. The Kier molecular flexibility index (Phi) is 5.05. The predicted molar refractivity (Wildman–Crippen MR) is 93.5 cm³/mol. The van der Waals surface area contributed by atoms with Crippen molar-refractivity contribution in [2.75, 3.05) is 20.8 Å². The van der Waals surface area contributed by atoms with E-state index in [9.17, 15) is 4.39 Å². The van der Waals surface area contributed by atoms with Crippen LogP contribution in [0.5, 0.6) is 11.5 Å². The standard InChI is InChI=1S/C20H24FNO2/c1-13-5-4-6-14(20(13)21)7-8-17-16-12-19(24-3)18(23-2)11-15(16)9-10-22-17/h4-6,11-12,17,22H,7-10H2,1-3H3/t17-/m0/s1. The Morgan fingerprint density at radius 1 is 1.17 bits per heavy atom. The van der Waals surface area contributed by atoms with Gasteiger partial charge in [-0.1, -0.05) is 18.2 Å². The van der Waals surface area contributed by atoms with Gasteiger partial charge in [0.25, 0.3) is 0 Å². The molecule has 1 atom stereocenters. The highest BCUT2D eigenvalue weighted by atomic mass is 19.1. The van der Waals surface area contributed by atoms with Gasteiger partial charge in [0.15, 0.2) is 11.5 Å². The molecule has 1 heterocycles. The highest BCUT2D eigenvalue weighted by Gasteiger charge is 2.22. The zero-order valence-electron chi connectivity index (χ0n) is 14.5. The van der Waals surface area contributed by atoms with Gasteiger partial charge in [0.1, 0.15) is 5.82 Å². The molecule has 0 saturated carbocycles. The topological polar surface area (TPSA) is 30.5 Å². The minimum Gasteiger partial charge on any atom is -0.493 e. The maximum Gasteiger partial charge on any atom is 0.161 e. The van der Waals surface area contributed by atoms with Crippen molar-refractivity contribution in [2.24, 2.45) is 0 Å². The fraction of sp³-hybridized carbons (Fsp3) is 0.400. The molecule has 2 aromatic carbocycles. The predicted octanol–water partition coefficient (Wildman–Crippen LogP) is 3.97. The van der Waals surface area contributed by atoms with Crippen LogP contribution in [0.3, 0.4) is 0 Å². The lowest BCUT2D eigenvalue weighted by Gasteiger charge is -2.28. The van der Waals surface area contributed by atoms with E-state index in [-0.39, 0.29) is 11.9 Å². The van der Waals surface area contributed by atoms with Crippen LogP contribution in [0, 0.1) is 12.7 Å².